The highest BCUT2D eigenvalue weighted by molar-refractivity contribution is 7.14. The van der Waals surface area contributed by atoms with Gasteiger partial charge in [0.2, 0.25) is 47.3 Å². The van der Waals surface area contributed by atoms with E-state index in [1.165, 1.54) is 32.5 Å². The van der Waals surface area contributed by atoms with Gasteiger partial charge in [0.05, 0.1) is 21.9 Å². The minimum absolute atomic E-state index is 0.00777. The number of aliphatic hydroxyl groups is 1. The molecule has 5 heterocycles. The normalized spacial score (nSPS) is 25.6. The number of allylic oxidation sites excluding steroid dienone is 2. The number of carbonyl (C=O) groups excluding carboxylic acids is 10. The number of rotatable bonds is 13. The molecule has 2 saturated heterocycles. The molecular weight excluding hydrogens is 1190 g/mol. The van der Waals surface area contributed by atoms with Crippen LogP contribution in [0.1, 0.15) is 172 Å². The minimum atomic E-state index is -1.52. The lowest BCUT2D eigenvalue weighted by atomic mass is 9.96. The third-order valence-corrected chi connectivity index (χ3v) is 19.8. The van der Waals surface area contributed by atoms with Crippen LogP contribution in [0.5, 0.6) is 0 Å². The number of carbonyl (C=O) groups is 10. The molecule has 12 N–H and O–H groups in total. The number of benzene rings is 1. The molecule has 4 aliphatic rings. The molecule has 1 aliphatic carbocycles. The molecule has 0 saturated carbocycles. The van der Waals surface area contributed by atoms with Crippen molar-refractivity contribution in [3.8, 4) is 0 Å². The molecule has 9 amide bonds. The molecule has 492 valence electrons. The van der Waals surface area contributed by atoms with Crippen molar-refractivity contribution in [1.29, 1.82) is 0 Å². The number of nitrogens with zero attached hydrogens (tertiary/aromatic N) is 2. The van der Waals surface area contributed by atoms with E-state index in [-0.39, 0.29) is 64.1 Å². The smallest absolute Gasteiger partial charge is 0.262 e. The predicted octanol–water partition coefficient (Wildman–Crippen LogP) is 4.41. The lowest BCUT2D eigenvalue weighted by Crippen LogP contribution is -2.62. The first-order valence-corrected chi connectivity index (χ1v) is 33.7. The topological polar surface area (TPSA) is 334 Å². The van der Waals surface area contributed by atoms with Crippen LogP contribution in [0.2, 0.25) is 0 Å². The van der Waals surface area contributed by atoms with E-state index in [0.717, 1.165) is 38.4 Å². The summed E-state index contributed by atoms with van der Waals surface area (Å²) >= 11 is 2.62. The first-order valence-electron chi connectivity index (χ1n) is 32.1. The van der Waals surface area contributed by atoms with Gasteiger partial charge in [0.25, 0.3) is 5.91 Å². The Kier molecular flexibility index (Phi) is 25.0. The average molecular weight is 1280 g/mol. The number of Topliss-reactive ketones (excluding diaryl/α,β-unsaturated/α-hetero) is 1. The van der Waals surface area contributed by atoms with Gasteiger partial charge < -0.3 is 63.6 Å². The Labute approximate surface area is 537 Å². The number of aliphatic hydroxyl groups excluding tert-OH is 1. The maximum Gasteiger partial charge on any atom is 0.262 e. The van der Waals surface area contributed by atoms with Gasteiger partial charge >= 0.3 is 0 Å². The van der Waals surface area contributed by atoms with Crippen LogP contribution in [0, 0.1) is 37.5 Å². The quantitative estimate of drug-likeness (QED) is 0.114. The molecule has 3 aliphatic heterocycles. The summed E-state index contributed by atoms with van der Waals surface area (Å²) in [5, 5.41) is 31.7. The SMILES string of the molecule is Cc1sc2cc1C1=C(CCC1)c1cc(sc1C)C(=O)[C@H]1CCCN1C(=O)[C@H]([C@H](O)C(C)C)NC(=O)[C@H](CCCN)NC(=O)[C@H](C(C)C)NC(=O)[C@@H]1CCCN1C(=O)[C@@H](Cc1ccccc1)NC(=O)[C@H](C(C)C)NC(=O)[C@H](CCCN)NC(=O)[C@H](C(C)C)NC2=O. The van der Waals surface area contributed by atoms with Gasteiger partial charge in [-0.15, -0.1) is 22.7 Å². The zero-order valence-corrected chi connectivity index (χ0v) is 55.5. The molecule has 2 aromatic heterocycles. The van der Waals surface area contributed by atoms with E-state index < -0.39 is 137 Å². The first kappa shape index (κ1) is 70.6. The average Bonchev–Trinajstić information content (AvgIpc) is 1.78. The second-order valence-electron chi connectivity index (χ2n) is 25.8. The van der Waals surface area contributed by atoms with Crippen molar-refractivity contribution in [3.63, 3.8) is 0 Å². The number of hydrogen-bond acceptors (Lipinski definition) is 15. The third-order valence-electron chi connectivity index (χ3n) is 17.7. The van der Waals surface area contributed by atoms with Crippen LogP contribution in [-0.2, 0) is 44.8 Å². The summed E-state index contributed by atoms with van der Waals surface area (Å²) in [4.78, 5) is 152. The Balaban J connectivity index is 1.27. The van der Waals surface area contributed by atoms with Crippen LogP contribution in [0.4, 0.5) is 0 Å². The summed E-state index contributed by atoms with van der Waals surface area (Å²) in [7, 11) is 0. The Hall–Kier alpha value is -6.86. The molecule has 0 unspecified atom stereocenters. The van der Waals surface area contributed by atoms with Crippen molar-refractivity contribution in [3.05, 3.63) is 78.7 Å². The Morgan fingerprint density at radius 1 is 0.522 bits per heavy atom. The van der Waals surface area contributed by atoms with Gasteiger partial charge in [-0.3, -0.25) is 47.9 Å². The lowest BCUT2D eigenvalue weighted by molar-refractivity contribution is -0.143. The van der Waals surface area contributed by atoms with E-state index in [1.807, 2.05) is 32.0 Å². The summed E-state index contributed by atoms with van der Waals surface area (Å²) in [5.74, 6) is -8.18. The Morgan fingerprint density at radius 2 is 0.967 bits per heavy atom. The molecule has 0 radical (unpaired) electrons. The number of fused-ring (bicyclic) bond motifs is 8. The molecule has 4 bridgehead atoms. The van der Waals surface area contributed by atoms with E-state index >= 15 is 0 Å². The standard InChI is InChI=1S/C66H95N11O11S2/c1-34(2)52-64(86)71-47(31-40-19-12-11-13-20-40)65(87)77-30-18-26-49(77)60(82)73-53(35(3)4)62(84)70-46(24-16-28-68)59(81)75-55(56(78)37(7)8)66(88)76-29-17-25-48(76)57(79)50-32-43(38(9)89-50)41-21-14-22-42(41)44-33-51(90-39(44)10)61(83)74-54(36(5)6)63(85)69-45(23-15-27-67)58(80)72-52/h11-13,19-20,32-37,45-49,52-56,78H,14-18,21-31,67-68H2,1-10H3,(H,69,85)(H,70,84)(H,71,86)(H,72,80)(H,73,82)(H,74,83)(H,75,81)/t45-,46-,47+,48+,49-,52-,53-,54-,55-,56+/m0/s1. The van der Waals surface area contributed by atoms with Crippen molar-refractivity contribution in [1.82, 2.24) is 47.0 Å². The zero-order chi connectivity index (χ0) is 65.8. The second-order valence-corrected chi connectivity index (χ2v) is 28.3. The summed E-state index contributed by atoms with van der Waals surface area (Å²) in [6.45, 7) is 18.4. The molecule has 0 spiro atoms. The number of amides is 9. The van der Waals surface area contributed by atoms with Gasteiger partial charge in [-0.2, -0.15) is 0 Å². The first-order chi connectivity index (χ1) is 42.8. The van der Waals surface area contributed by atoms with Crippen molar-refractivity contribution in [2.24, 2.45) is 35.1 Å². The molecule has 2 fully saturated rings. The van der Waals surface area contributed by atoms with Crippen LogP contribution >= 0.6 is 22.7 Å². The van der Waals surface area contributed by atoms with Crippen LogP contribution in [0.25, 0.3) is 11.1 Å². The third kappa shape index (κ3) is 17.0. The number of hydrogen-bond donors (Lipinski definition) is 10. The molecule has 24 heteroatoms. The highest BCUT2D eigenvalue weighted by Gasteiger charge is 2.45. The monoisotopic (exact) mass is 1280 g/mol. The Bertz CT molecular complexity index is 3140. The highest BCUT2D eigenvalue weighted by atomic mass is 32.1. The number of nitrogens with two attached hydrogens (primary N) is 2. The van der Waals surface area contributed by atoms with Crippen molar-refractivity contribution in [2.75, 3.05) is 26.2 Å². The van der Waals surface area contributed by atoms with Crippen molar-refractivity contribution < 1.29 is 53.1 Å². The lowest BCUT2D eigenvalue weighted by Gasteiger charge is -2.33. The fourth-order valence-corrected chi connectivity index (χ4v) is 14.5. The van der Waals surface area contributed by atoms with E-state index in [0.29, 0.717) is 53.8 Å². The minimum Gasteiger partial charge on any atom is -0.390 e. The predicted molar refractivity (Wildman–Crippen MR) is 347 cm³/mol. The number of aryl methyl sites for hydroxylation is 2. The van der Waals surface area contributed by atoms with E-state index in [9.17, 15) is 53.1 Å². The zero-order valence-electron chi connectivity index (χ0n) is 53.8. The summed E-state index contributed by atoms with van der Waals surface area (Å²) in [6, 6.07) is 1.94. The van der Waals surface area contributed by atoms with Crippen molar-refractivity contribution >= 4 is 92.8 Å². The maximum absolute atomic E-state index is 15.0. The molecule has 3 aromatic rings. The molecule has 22 nitrogen and oxygen atoms in total. The Morgan fingerprint density at radius 3 is 1.47 bits per heavy atom. The summed E-state index contributed by atoms with van der Waals surface area (Å²) < 4.78 is 0. The summed E-state index contributed by atoms with van der Waals surface area (Å²) in [6.07, 6.45) is 3.05. The van der Waals surface area contributed by atoms with Gasteiger partial charge in [0.15, 0.2) is 5.78 Å². The number of ketones is 1. The van der Waals surface area contributed by atoms with Crippen LogP contribution in [-0.4, -0.2) is 161 Å². The number of thiophene rings is 2. The number of nitrogens with one attached hydrogen (secondary N) is 7. The van der Waals surface area contributed by atoms with Crippen molar-refractivity contribution in [2.45, 2.75) is 207 Å². The van der Waals surface area contributed by atoms with Gasteiger partial charge in [0.1, 0.15) is 48.3 Å². The van der Waals surface area contributed by atoms with E-state index in [1.54, 1.807) is 79.7 Å². The fourth-order valence-electron chi connectivity index (χ4n) is 12.6. The summed E-state index contributed by atoms with van der Waals surface area (Å²) in [5.41, 5.74) is 16.4. The van der Waals surface area contributed by atoms with E-state index in [2.05, 4.69) is 37.2 Å². The van der Waals surface area contributed by atoms with Crippen LogP contribution in [0.15, 0.2) is 42.5 Å². The van der Waals surface area contributed by atoms with Gasteiger partial charge in [-0.1, -0.05) is 85.7 Å². The molecule has 7 rings (SSSR count). The maximum atomic E-state index is 15.0. The molecular formula is C66H95N11O11S2. The molecule has 90 heavy (non-hydrogen) atoms. The van der Waals surface area contributed by atoms with Gasteiger partial charge in [-0.05, 0) is 161 Å². The van der Waals surface area contributed by atoms with Crippen LogP contribution in [0.3, 0.4) is 0 Å². The second kappa shape index (κ2) is 31.9. The van der Waals surface area contributed by atoms with E-state index in [4.69, 9.17) is 11.5 Å². The van der Waals surface area contributed by atoms with Crippen LogP contribution < -0.4 is 48.7 Å². The van der Waals surface area contributed by atoms with Gasteiger partial charge in [-0.25, -0.2) is 0 Å². The molecule has 10 atom stereocenters. The fraction of sp³-hybridized carbons (Fsp3) is 0.606. The molecule has 1 aromatic carbocycles. The highest BCUT2D eigenvalue weighted by Crippen LogP contribution is 2.45. The van der Waals surface area contributed by atoms with Gasteiger partial charge in [0, 0.05) is 29.3 Å². The largest absolute Gasteiger partial charge is 0.390 e.